The molecule has 6 heteroatoms. The number of amides is 1. The number of hydrogen-bond donors (Lipinski definition) is 1. The van der Waals surface area contributed by atoms with Crippen LogP contribution in [0.25, 0.3) is 0 Å². The number of carbonyl (C=O) groups is 1. The van der Waals surface area contributed by atoms with Gasteiger partial charge in [-0.3, -0.25) is 14.9 Å². The highest BCUT2D eigenvalue weighted by molar-refractivity contribution is 5.99. The molecule has 0 saturated carbocycles. The molecule has 0 saturated heterocycles. The molecule has 2 rings (SSSR count). The average molecular weight is 341 g/mol. The van der Waals surface area contributed by atoms with Gasteiger partial charge in [0.25, 0.3) is 11.6 Å². The Labute approximate surface area is 147 Å². The molecule has 0 fully saturated rings. The van der Waals surface area contributed by atoms with Crippen LogP contribution in [-0.4, -0.2) is 28.3 Å². The molecule has 1 amide bonds. The lowest BCUT2D eigenvalue weighted by molar-refractivity contribution is -0.385. The van der Waals surface area contributed by atoms with Gasteiger partial charge in [0, 0.05) is 30.9 Å². The van der Waals surface area contributed by atoms with Crippen LogP contribution in [0.2, 0.25) is 0 Å². The Kier molecular flexibility index (Phi) is 6.11. The molecule has 0 aliphatic heterocycles. The van der Waals surface area contributed by atoms with E-state index >= 15 is 0 Å². The molecular formula is C19H23N3O3. The van der Waals surface area contributed by atoms with Crippen LogP contribution in [-0.2, 0) is 6.54 Å². The van der Waals surface area contributed by atoms with Gasteiger partial charge in [-0.05, 0) is 38.5 Å². The zero-order chi connectivity index (χ0) is 18.4. The average Bonchev–Trinajstić information content (AvgIpc) is 2.59. The number of carbonyl (C=O) groups excluding carboxylic acids is 1. The fraction of sp³-hybridized carbons (Fsp3) is 0.316. The molecule has 0 aromatic heterocycles. The lowest BCUT2D eigenvalue weighted by Gasteiger charge is -2.27. The van der Waals surface area contributed by atoms with Crippen LogP contribution in [0.5, 0.6) is 0 Å². The molecular weight excluding hydrogens is 318 g/mol. The SMILES string of the molecule is CCNc1ccc([N+](=O)[O-])c(C(=O)N(Cc2ccccc2)C(C)C)c1. The lowest BCUT2D eigenvalue weighted by atomic mass is 10.1. The van der Waals surface area contributed by atoms with Crippen LogP contribution >= 0.6 is 0 Å². The number of rotatable bonds is 7. The van der Waals surface area contributed by atoms with Crippen LogP contribution in [0.4, 0.5) is 11.4 Å². The number of benzene rings is 2. The minimum atomic E-state index is -0.510. The first-order valence-electron chi connectivity index (χ1n) is 8.31. The molecule has 2 aromatic carbocycles. The summed E-state index contributed by atoms with van der Waals surface area (Å²) >= 11 is 0. The van der Waals surface area contributed by atoms with E-state index in [1.807, 2.05) is 51.1 Å². The van der Waals surface area contributed by atoms with Crippen molar-refractivity contribution in [3.8, 4) is 0 Å². The minimum absolute atomic E-state index is 0.0879. The summed E-state index contributed by atoms with van der Waals surface area (Å²) in [5, 5.41) is 14.5. The van der Waals surface area contributed by atoms with Gasteiger partial charge >= 0.3 is 0 Å². The normalized spacial score (nSPS) is 10.6. The summed E-state index contributed by atoms with van der Waals surface area (Å²) in [5.41, 5.74) is 1.60. The molecule has 0 aliphatic rings. The summed E-state index contributed by atoms with van der Waals surface area (Å²) in [4.78, 5) is 25.6. The zero-order valence-corrected chi connectivity index (χ0v) is 14.7. The number of nitro benzene ring substituents is 1. The van der Waals surface area contributed by atoms with Gasteiger partial charge in [-0.2, -0.15) is 0 Å². The van der Waals surface area contributed by atoms with Crippen molar-refractivity contribution in [1.29, 1.82) is 0 Å². The summed E-state index contributed by atoms with van der Waals surface area (Å²) in [6.07, 6.45) is 0. The fourth-order valence-corrected chi connectivity index (χ4v) is 2.60. The molecule has 25 heavy (non-hydrogen) atoms. The van der Waals surface area contributed by atoms with Crippen LogP contribution in [0, 0.1) is 10.1 Å². The van der Waals surface area contributed by atoms with Crippen LogP contribution in [0.3, 0.4) is 0 Å². The summed E-state index contributed by atoms with van der Waals surface area (Å²) < 4.78 is 0. The largest absolute Gasteiger partial charge is 0.385 e. The topological polar surface area (TPSA) is 75.5 Å². The van der Waals surface area contributed by atoms with Crippen molar-refractivity contribution < 1.29 is 9.72 Å². The second-order valence-electron chi connectivity index (χ2n) is 6.03. The quantitative estimate of drug-likeness (QED) is 0.608. The molecule has 6 nitrogen and oxygen atoms in total. The van der Waals surface area contributed by atoms with Crippen molar-refractivity contribution in [1.82, 2.24) is 4.90 Å². The van der Waals surface area contributed by atoms with E-state index in [0.29, 0.717) is 18.8 Å². The first-order chi connectivity index (χ1) is 11.9. The standard InChI is InChI=1S/C19H23N3O3/c1-4-20-16-10-11-18(22(24)25)17(12-16)19(23)21(14(2)3)13-15-8-6-5-7-9-15/h5-12,14,20H,4,13H2,1-3H3. The molecule has 0 spiro atoms. The van der Waals surface area contributed by atoms with Crippen molar-refractivity contribution >= 4 is 17.3 Å². The highest BCUT2D eigenvalue weighted by atomic mass is 16.6. The third-order valence-corrected chi connectivity index (χ3v) is 3.88. The number of nitro groups is 1. The van der Waals surface area contributed by atoms with Crippen molar-refractivity contribution in [2.45, 2.75) is 33.4 Å². The fourth-order valence-electron chi connectivity index (χ4n) is 2.60. The van der Waals surface area contributed by atoms with Gasteiger partial charge in [-0.25, -0.2) is 0 Å². The van der Waals surface area contributed by atoms with E-state index in [2.05, 4.69) is 5.32 Å². The molecule has 0 radical (unpaired) electrons. The predicted molar refractivity (Wildman–Crippen MR) is 98.7 cm³/mol. The maximum atomic E-state index is 13.1. The predicted octanol–water partition coefficient (Wildman–Crippen LogP) is 4.08. The maximum absolute atomic E-state index is 13.1. The highest BCUT2D eigenvalue weighted by Crippen LogP contribution is 2.25. The van der Waals surface area contributed by atoms with E-state index in [1.54, 1.807) is 17.0 Å². The Balaban J connectivity index is 2.40. The molecule has 1 N–H and O–H groups in total. The van der Waals surface area contributed by atoms with Gasteiger partial charge in [0.2, 0.25) is 0 Å². The number of nitrogens with zero attached hydrogens (tertiary/aromatic N) is 2. The lowest BCUT2D eigenvalue weighted by Crippen LogP contribution is -2.36. The van der Waals surface area contributed by atoms with E-state index in [9.17, 15) is 14.9 Å². The Bertz CT molecular complexity index is 745. The van der Waals surface area contributed by atoms with E-state index in [1.165, 1.54) is 6.07 Å². The summed E-state index contributed by atoms with van der Waals surface area (Å²) in [5.74, 6) is -0.342. The van der Waals surface area contributed by atoms with Gasteiger partial charge in [0.15, 0.2) is 0 Å². The van der Waals surface area contributed by atoms with E-state index in [0.717, 1.165) is 5.56 Å². The number of nitrogens with one attached hydrogen (secondary N) is 1. The van der Waals surface area contributed by atoms with Crippen molar-refractivity contribution in [3.63, 3.8) is 0 Å². The molecule has 0 unspecified atom stereocenters. The van der Waals surface area contributed by atoms with Crippen molar-refractivity contribution in [2.24, 2.45) is 0 Å². The Morgan fingerprint density at radius 1 is 1.20 bits per heavy atom. The second-order valence-corrected chi connectivity index (χ2v) is 6.03. The Morgan fingerprint density at radius 2 is 1.88 bits per heavy atom. The van der Waals surface area contributed by atoms with Gasteiger partial charge in [-0.15, -0.1) is 0 Å². The first-order valence-corrected chi connectivity index (χ1v) is 8.31. The Morgan fingerprint density at radius 3 is 2.44 bits per heavy atom. The molecule has 0 bridgehead atoms. The van der Waals surface area contributed by atoms with Crippen LogP contribution in [0.15, 0.2) is 48.5 Å². The Hall–Kier alpha value is -2.89. The monoisotopic (exact) mass is 341 g/mol. The second kappa shape index (κ2) is 8.28. The summed E-state index contributed by atoms with van der Waals surface area (Å²) in [6.45, 7) is 6.81. The highest BCUT2D eigenvalue weighted by Gasteiger charge is 2.27. The van der Waals surface area contributed by atoms with Crippen LogP contribution < -0.4 is 5.32 Å². The van der Waals surface area contributed by atoms with Gasteiger partial charge in [0.1, 0.15) is 5.56 Å². The third-order valence-electron chi connectivity index (χ3n) is 3.88. The molecule has 0 atom stereocenters. The molecule has 0 heterocycles. The zero-order valence-electron chi connectivity index (χ0n) is 14.7. The van der Waals surface area contributed by atoms with Gasteiger partial charge in [-0.1, -0.05) is 30.3 Å². The van der Waals surface area contributed by atoms with Crippen molar-refractivity contribution in [3.05, 3.63) is 69.8 Å². The van der Waals surface area contributed by atoms with Gasteiger partial charge < -0.3 is 10.2 Å². The summed E-state index contributed by atoms with van der Waals surface area (Å²) in [6, 6.07) is 14.1. The maximum Gasteiger partial charge on any atom is 0.282 e. The molecule has 132 valence electrons. The number of anilines is 1. The smallest absolute Gasteiger partial charge is 0.282 e. The van der Waals surface area contributed by atoms with E-state index in [4.69, 9.17) is 0 Å². The van der Waals surface area contributed by atoms with E-state index in [-0.39, 0.29) is 23.2 Å². The number of hydrogen-bond acceptors (Lipinski definition) is 4. The van der Waals surface area contributed by atoms with E-state index < -0.39 is 4.92 Å². The summed E-state index contributed by atoms with van der Waals surface area (Å²) in [7, 11) is 0. The first kappa shape index (κ1) is 18.4. The molecule has 0 aliphatic carbocycles. The minimum Gasteiger partial charge on any atom is -0.385 e. The van der Waals surface area contributed by atoms with Crippen LogP contribution in [0.1, 0.15) is 36.7 Å². The van der Waals surface area contributed by atoms with Gasteiger partial charge in [0.05, 0.1) is 4.92 Å². The molecule has 2 aromatic rings. The van der Waals surface area contributed by atoms with Crippen molar-refractivity contribution in [2.75, 3.05) is 11.9 Å². The third kappa shape index (κ3) is 4.56.